The van der Waals surface area contributed by atoms with Crippen LogP contribution in [0.2, 0.25) is 0 Å². The summed E-state index contributed by atoms with van der Waals surface area (Å²) in [7, 11) is 0. The molecule has 1 aliphatic heterocycles. The molecule has 1 aliphatic rings. The summed E-state index contributed by atoms with van der Waals surface area (Å²) in [6.07, 6.45) is 3.31. The molecule has 11 heteroatoms. The summed E-state index contributed by atoms with van der Waals surface area (Å²) in [4.78, 5) is 44.2. The highest BCUT2D eigenvalue weighted by atomic mass is 32.1. The van der Waals surface area contributed by atoms with Gasteiger partial charge in [0.15, 0.2) is 17.3 Å². The molecule has 0 saturated heterocycles. The van der Waals surface area contributed by atoms with E-state index in [4.69, 9.17) is 0 Å². The van der Waals surface area contributed by atoms with Gasteiger partial charge in [0, 0.05) is 28.9 Å². The number of ketones is 1. The van der Waals surface area contributed by atoms with Gasteiger partial charge >= 0.3 is 0 Å². The first-order valence-electron chi connectivity index (χ1n) is 11.5. The van der Waals surface area contributed by atoms with E-state index in [2.05, 4.69) is 30.4 Å². The number of anilines is 1. The van der Waals surface area contributed by atoms with Crippen molar-refractivity contribution in [2.45, 2.75) is 32.2 Å². The molecule has 5 heterocycles. The van der Waals surface area contributed by atoms with Crippen LogP contribution in [0, 0.1) is 5.82 Å². The molecule has 1 amide bonds. The molecule has 5 aromatic rings. The third-order valence-electron chi connectivity index (χ3n) is 6.39. The average Bonchev–Trinajstić information content (AvgIpc) is 3.58. The van der Waals surface area contributed by atoms with Crippen molar-refractivity contribution in [3.8, 4) is 11.5 Å². The summed E-state index contributed by atoms with van der Waals surface area (Å²) in [5.41, 5.74) is 0.965. The van der Waals surface area contributed by atoms with Crippen molar-refractivity contribution >= 4 is 39.9 Å². The van der Waals surface area contributed by atoms with E-state index in [0.29, 0.717) is 32.9 Å². The van der Waals surface area contributed by atoms with Gasteiger partial charge in [-0.1, -0.05) is 18.2 Å². The van der Waals surface area contributed by atoms with Gasteiger partial charge in [0.1, 0.15) is 28.0 Å². The SMILES string of the molecule is CC1(C)C(=O)Nc2nc(-c3nn(Cc4ccccc4F)c4ncccc34)nc(C(=O)Cc3nccs3)c21. The fraction of sp³-hybridized carbons (Fsp3) is 0.192. The summed E-state index contributed by atoms with van der Waals surface area (Å²) < 4.78 is 16.0. The second kappa shape index (κ2) is 8.63. The molecule has 1 aromatic carbocycles. The van der Waals surface area contributed by atoms with Crippen molar-refractivity contribution < 1.29 is 14.0 Å². The smallest absolute Gasteiger partial charge is 0.235 e. The minimum absolute atomic E-state index is 0.0505. The predicted molar refractivity (Wildman–Crippen MR) is 136 cm³/mol. The zero-order valence-electron chi connectivity index (χ0n) is 19.9. The standard InChI is InChI=1S/C26H20FN7O2S/c1-26(2)19-21(17(35)12-18-28-10-11-37-18)30-23(31-22(19)32-25(26)36)20-15-7-5-9-29-24(15)34(33-20)13-14-6-3-4-8-16(14)27/h3-11H,12-13H2,1-2H3,(H,30,31,32,36). The van der Waals surface area contributed by atoms with Crippen LogP contribution in [0.4, 0.5) is 10.2 Å². The fourth-order valence-electron chi connectivity index (χ4n) is 4.46. The molecule has 0 unspecified atom stereocenters. The maximum Gasteiger partial charge on any atom is 0.235 e. The highest BCUT2D eigenvalue weighted by molar-refractivity contribution is 7.09. The van der Waals surface area contributed by atoms with E-state index in [0.717, 1.165) is 0 Å². The number of aromatic nitrogens is 6. The van der Waals surface area contributed by atoms with Gasteiger partial charge in [0.2, 0.25) is 5.91 Å². The number of benzene rings is 1. The van der Waals surface area contributed by atoms with E-state index in [1.54, 1.807) is 60.6 Å². The van der Waals surface area contributed by atoms with Crippen molar-refractivity contribution in [2.75, 3.05) is 5.32 Å². The molecular formula is C26H20FN7O2S. The number of carbonyl (C=O) groups excluding carboxylic acids is 2. The lowest BCUT2D eigenvalue weighted by Crippen LogP contribution is -2.29. The predicted octanol–water partition coefficient (Wildman–Crippen LogP) is 4.19. The van der Waals surface area contributed by atoms with Crippen LogP contribution in [0.3, 0.4) is 0 Å². The van der Waals surface area contributed by atoms with Crippen LogP contribution in [-0.4, -0.2) is 41.4 Å². The molecule has 1 N–H and O–H groups in total. The number of halogens is 1. The maximum absolute atomic E-state index is 14.4. The van der Waals surface area contributed by atoms with Gasteiger partial charge in [-0.25, -0.2) is 29.0 Å². The van der Waals surface area contributed by atoms with Gasteiger partial charge < -0.3 is 5.32 Å². The Morgan fingerprint density at radius 1 is 1.11 bits per heavy atom. The van der Waals surface area contributed by atoms with Crippen LogP contribution in [-0.2, 0) is 23.2 Å². The first-order chi connectivity index (χ1) is 17.8. The molecular weight excluding hydrogens is 493 g/mol. The normalized spacial score (nSPS) is 14.1. The molecule has 0 saturated carbocycles. The zero-order valence-corrected chi connectivity index (χ0v) is 20.7. The van der Waals surface area contributed by atoms with Crippen LogP contribution in [0.1, 0.15) is 40.5 Å². The molecule has 0 fully saturated rings. The summed E-state index contributed by atoms with van der Waals surface area (Å²) in [5.74, 6) is -0.438. The number of fused-ring (bicyclic) bond motifs is 2. The van der Waals surface area contributed by atoms with Gasteiger partial charge in [-0.2, -0.15) is 5.10 Å². The quantitative estimate of drug-likeness (QED) is 0.339. The van der Waals surface area contributed by atoms with Crippen molar-refractivity contribution in [1.29, 1.82) is 0 Å². The van der Waals surface area contributed by atoms with Gasteiger partial charge in [-0.15, -0.1) is 11.3 Å². The molecule has 4 aromatic heterocycles. The van der Waals surface area contributed by atoms with E-state index < -0.39 is 5.41 Å². The Kier molecular flexibility index (Phi) is 5.37. The van der Waals surface area contributed by atoms with Crippen molar-refractivity contribution in [1.82, 2.24) is 29.7 Å². The van der Waals surface area contributed by atoms with E-state index in [-0.39, 0.29) is 47.8 Å². The number of hydrogen-bond acceptors (Lipinski definition) is 8. The molecule has 0 aliphatic carbocycles. The number of carbonyl (C=O) groups is 2. The van der Waals surface area contributed by atoms with Gasteiger partial charge in [0.05, 0.1) is 23.8 Å². The van der Waals surface area contributed by atoms with E-state index in [1.165, 1.54) is 17.4 Å². The molecule has 37 heavy (non-hydrogen) atoms. The topological polar surface area (TPSA) is 116 Å². The number of Topliss-reactive ketones (excluding diaryl/α,β-unsaturated/α-hetero) is 1. The summed E-state index contributed by atoms with van der Waals surface area (Å²) >= 11 is 1.37. The minimum Gasteiger partial charge on any atom is -0.310 e. The Labute approximate surface area is 214 Å². The van der Waals surface area contributed by atoms with Crippen molar-refractivity contribution in [2.24, 2.45) is 0 Å². The second-order valence-corrected chi connectivity index (χ2v) is 10.2. The Morgan fingerprint density at radius 2 is 1.95 bits per heavy atom. The van der Waals surface area contributed by atoms with Crippen molar-refractivity contribution in [3.63, 3.8) is 0 Å². The largest absolute Gasteiger partial charge is 0.310 e. The monoisotopic (exact) mass is 513 g/mol. The number of thiazole rings is 1. The Bertz CT molecular complexity index is 1690. The number of pyridine rings is 1. The van der Waals surface area contributed by atoms with Crippen LogP contribution in [0.25, 0.3) is 22.6 Å². The van der Waals surface area contributed by atoms with Crippen LogP contribution in [0.5, 0.6) is 0 Å². The summed E-state index contributed by atoms with van der Waals surface area (Å²) in [6.45, 7) is 3.62. The molecule has 0 atom stereocenters. The molecule has 0 radical (unpaired) electrons. The third-order valence-corrected chi connectivity index (χ3v) is 7.17. The summed E-state index contributed by atoms with van der Waals surface area (Å²) in [6, 6.07) is 10.0. The van der Waals surface area contributed by atoms with E-state index in [9.17, 15) is 14.0 Å². The van der Waals surface area contributed by atoms with Gasteiger partial charge in [-0.3, -0.25) is 9.59 Å². The first-order valence-corrected chi connectivity index (χ1v) is 12.4. The lowest BCUT2D eigenvalue weighted by molar-refractivity contribution is -0.119. The van der Waals surface area contributed by atoms with E-state index in [1.807, 2.05) is 6.07 Å². The molecule has 0 bridgehead atoms. The lowest BCUT2D eigenvalue weighted by atomic mass is 9.84. The molecule has 184 valence electrons. The Morgan fingerprint density at radius 3 is 2.73 bits per heavy atom. The van der Waals surface area contributed by atoms with Gasteiger partial charge in [0.25, 0.3) is 0 Å². The molecule has 0 spiro atoms. The van der Waals surface area contributed by atoms with Crippen LogP contribution >= 0.6 is 11.3 Å². The Hall–Kier alpha value is -4.38. The highest BCUT2D eigenvalue weighted by Gasteiger charge is 2.44. The number of hydrogen-bond donors (Lipinski definition) is 1. The molecule has 9 nitrogen and oxygen atoms in total. The third kappa shape index (κ3) is 3.87. The van der Waals surface area contributed by atoms with Crippen LogP contribution in [0.15, 0.2) is 54.2 Å². The van der Waals surface area contributed by atoms with Crippen LogP contribution < -0.4 is 5.32 Å². The number of rotatable bonds is 6. The molecule has 6 rings (SSSR count). The maximum atomic E-state index is 14.4. The first kappa shape index (κ1) is 23.0. The number of nitrogens with zero attached hydrogens (tertiary/aromatic N) is 6. The average molecular weight is 514 g/mol. The zero-order chi connectivity index (χ0) is 25.7. The fourth-order valence-corrected chi connectivity index (χ4v) is 5.08. The lowest BCUT2D eigenvalue weighted by Gasteiger charge is -2.17. The van der Waals surface area contributed by atoms with Crippen molar-refractivity contribution in [3.05, 3.63) is 81.8 Å². The highest BCUT2D eigenvalue weighted by Crippen LogP contribution is 2.40. The minimum atomic E-state index is -0.991. The number of amides is 1. The second-order valence-electron chi connectivity index (χ2n) is 9.20. The summed E-state index contributed by atoms with van der Waals surface area (Å²) in [5, 5.41) is 10.6. The van der Waals surface area contributed by atoms with E-state index >= 15 is 0 Å². The van der Waals surface area contributed by atoms with Gasteiger partial charge in [-0.05, 0) is 32.0 Å². The number of nitrogens with one attached hydrogen (secondary N) is 1. The Balaban J connectivity index is 1.51.